The zero-order chi connectivity index (χ0) is 15.4. The van der Waals surface area contributed by atoms with Crippen molar-refractivity contribution in [1.29, 1.82) is 0 Å². The van der Waals surface area contributed by atoms with Gasteiger partial charge < -0.3 is 0 Å². The number of aryl methyl sites for hydroxylation is 1. The number of fused-ring (bicyclic) bond motifs is 4. The topological polar surface area (TPSA) is 43.6 Å². The van der Waals surface area contributed by atoms with Crippen LogP contribution >= 0.6 is 11.3 Å². The highest BCUT2D eigenvalue weighted by molar-refractivity contribution is 7.18. The highest BCUT2D eigenvalue weighted by Crippen LogP contribution is 2.39. The standard InChI is InChI=1S/C18H16N4S/c1-11-6-7-15-12(8-11)16-17(19-9-20-18(16)23-15)22-10-21-13-4-2-3-5-14(13)22/h2-5,9-11H,6-8H2,1H3/t11-/m0/s1. The van der Waals surface area contributed by atoms with Crippen molar-refractivity contribution in [2.75, 3.05) is 0 Å². The number of benzene rings is 1. The van der Waals surface area contributed by atoms with Crippen molar-refractivity contribution < 1.29 is 0 Å². The van der Waals surface area contributed by atoms with E-state index in [0.717, 1.165) is 34.0 Å². The molecule has 4 nitrogen and oxygen atoms in total. The summed E-state index contributed by atoms with van der Waals surface area (Å²) in [6.45, 7) is 2.34. The first kappa shape index (κ1) is 13.2. The Morgan fingerprint density at radius 2 is 2.09 bits per heavy atom. The molecule has 0 N–H and O–H groups in total. The largest absolute Gasteiger partial charge is 0.282 e. The zero-order valence-corrected chi connectivity index (χ0v) is 13.7. The van der Waals surface area contributed by atoms with Crippen molar-refractivity contribution >= 4 is 32.6 Å². The van der Waals surface area contributed by atoms with Gasteiger partial charge in [0.1, 0.15) is 17.5 Å². The van der Waals surface area contributed by atoms with Crippen molar-refractivity contribution in [2.45, 2.75) is 26.2 Å². The Morgan fingerprint density at radius 1 is 1.17 bits per heavy atom. The van der Waals surface area contributed by atoms with Crippen molar-refractivity contribution in [2.24, 2.45) is 5.92 Å². The number of rotatable bonds is 1. The first-order valence-corrected chi connectivity index (χ1v) is 8.80. The fraction of sp³-hybridized carbons (Fsp3) is 0.278. The Bertz CT molecular complexity index is 1030. The normalized spacial score (nSPS) is 17.7. The maximum Gasteiger partial charge on any atom is 0.150 e. The molecule has 5 heteroatoms. The summed E-state index contributed by atoms with van der Waals surface area (Å²) in [7, 11) is 0. The van der Waals surface area contributed by atoms with E-state index in [-0.39, 0.29) is 0 Å². The van der Waals surface area contributed by atoms with Crippen LogP contribution in [0.15, 0.2) is 36.9 Å². The summed E-state index contributed by atoms with van der Waals surface area (Å²) in [6.07, 6.45) is 7.13. The van der Waals surface area contributed by atoms with E-state index in [9.17, 15) is 0 Å². The number of para-hydroxylation sites is 2. The molecule has 0 fully saturated rings. The van der Waals surface area contributed by atoms with Crippen LogP contribution in [-0.2, 0) is 12.8 Å². The maximum atomic E-state index is 4.62. The molecule has 0 spiro atoms. The number of imidazole rings is 1. The van der Waals surface area contributed by atoms with E-state index in [0.29, 0.717) is 0 Å². The van der Waals surface area contributed by atoms with E-state index >= 15 is 0 Å². The second kappa shape index (κ2) is 4.86. The number of aromatic nitrogens is 4. The van der Waals surface area contributed by atoms with Gasteiger partial charge >= 0.3 is 0 Å². The minimum atomic E-state index is 0.730. The van der Waals surface area contributed by atoms with Crippen molar-refractivity contribution in [1.82, 2.24) is 19.5 Å². The van der Waals surface area contributed by atoms with Gasteiger partial charge in [0.2, 0.25) is 0 Å². The Balaban J connectivity index is 1.83. The first-order valence-electron chi connectivity index (χ1n) is 7.99. The van der Waals surface area contributed by atoms with Crippen LogP contribution < -0.4 is 0 Å². The molecule has 23 heavy (non-hydrogen) atoms. The van der Waals surface area contributed by atoms with Gasteiger partial charge in [-0.3, -0.25) is 4.57 Å². The van der Waals surface area contributed by atoms with Crippen molar-refractivity contribution in [3.63, 3.8) is 0 Å². The number of thiophene rings is 1. The monoisotopic (exact) mass is 320 g/mol. The fourth-order valence-corrected chi connectivity index (χ4v) is 4.75. The summed E-state index contributed by atoms with van der Waals surface area (Å²) in [6, 6.07) is 8.19. The first-order chi connectivity index (χ1) is 11.3. The number of hydrogen-bond acceptors (Lipinski definition) is 4. The van der Waals surface area contributed by atoms with E-state index in [1.54, 1.807) is 6.33 Å². The highest BCUT2D eigenvalue weighted by atomic mass is 32.1. The van der Waals surface area contributed by atoms with Crippen LogP contribution in [0.5, 0.6) is 0 Å². The third-order valence-electron chi connectivity index (χ3n) is 4.75. The van der Waals surface area contributed by atoms with Gasteiger partial charge in [0.05, 0.1) is 16.4 Å². The van der Waals surface area contributed by atoms with Crippen LogP contribution in [0, 0.1) is 5.92 Å². The lowest BCUT2D eigenvalue weighted by Crippen LogP contribution is -2.09. The molecule has 1 aliphatic rings. The lowest BCUT2D eigenvalue weighted by Gasteiger charge is -2.18. The fourth-order valence-electron chi connectivity index (χ4n) is 3.58. The van der Waals surface area contributed by atoms with Gasteiger partial charge in [-0.25, -0.2) is 15.0 Å². The third-order valence-corrected chi connectivity index (χ3v) is 5.95. The SMILES string of the molecule is C[C@H]1CCc2sc3ncnc(-n4cnc5ccccc54)c3c2C1. The summed E-state index contributed by atoms with van der Waals surface area (Å²) >= 11 is 1.83. The van der Waals surface area contributed by atoms with E-state index in [2.05, 4.69) is 32.5 Å². The molecule has 1 aromatic carbocycles. The Kier molecular flexibility index (Phi) is 2.79. The molecule has 3 heterocycles. The molecule has 1 atom stereocenters. The predicted molar refractivity (Wildman–Crippen MR) is 93.2 cm³/mol. The van der Waals surface area contributed by atoms with E-state index < -0.39 is 0 Å². The maximum absolute atomic E-state index is 4.62. The molecule has 114 valence electrons. The number of hydrogen-bond donors (Lipinski definition) is 0. The van der Waals surface area contributed by atoms with Crippen LogP contribution in [-0.4, -0.2) is 19.5 Å². The molecule has 0 radical (unpaired) electrons. The molecule has 0 amide bonds. The highest BCUT2D eigenvalue weighted by Gasteiger charge is 2.24. The quantitative estimate of drug-likeness (QED) is 0.529. The molecule has 3 aromatic heterocycles. The van der Waals surface area contributed by atoms with Crippen LogP contribution in [0.3, 0.4) is 0 Å². The summed E-state index contributed by atoms with van der Waals surface area (Å²) in [5, 5.41) is 1.22. The molecule has 0 unspecified atom stereocenters. The van der Waals surface area contributed by atoms with Crippen LogP contribution in [0.2, 0.25) is 0 Å². The molecule has 5 rings (SSSR count). The van der Waals surface area contributed by atoms with Gasteiger partial charge in [-0.05, 0) is 42.9 Å². The van der Waals surface area contributed by atoms with Gasteiger partial charge in [0, 0.05) is 4.88 Å². The molecular weight excluding hydrogens is 304 g/mol. The summed E-state index contributed by atoms with van der Waals surface area (Å²) in [5.41, 5.74) is 3.55. The van der Waals surface area contributed by atoms with E-state index in [1.807, 2.05) is 35.9 Å². The lowest BCUT2D eigenvalue weighted by molar-refractivity contribution is 0.508. The Morgan fingerprint density at radius 3 is 3.04 bits per heavy atom. The van der Waals surface area contributed by atoms with Crippen LogP contribution in [0.1, 0.15) is 23.8 Å². The van der Waals surface area contributed by atoms with Gasteiger partial charge in [-0.1, -0.05) is 19.1 Å². The van der Waals surface area contributed by atoms with Crippen LogP contribution in [0.4, 0.5) is 0 Å². The lowest BCUT2D eigenvalue weighted by atomic mass is 9.88. The summed E-state index contributed by atoms with van der Waals surface area (Å²) < 4.78 is 2.10. The Hall–Kier alpha value is -2.27. The van der Waals surface area contributed by atoms with Crippen molar-refractivity contribution in [3.8, 4) is 5.82 Å². The molecule has 4 aromatic rings. The Labute approximate surface area is 137 Å². The molecule has 0 bridgehead atoms. The van der Waals surface area contributed by atoms with Crippen LogP contribution in [0.25, 0.3) is 27.1 Å². The third kappa shape index (κ3) is 1.93. The van der Waals surface area contributed by atoms with Gasteiger partial charge in [-0.2, -0.15) is 0 Å². The molecule has 1 aliphatic carbocycles. The average molecular weight is 320 g/mol. The molecule has 0 aliphatic heterocycles. The molecule has 0 saturated carbocycles. The average Bonchev–Trinajstić information content (AvgIpc) is 3.15. The minimum absolute atomic E-state index is 0.730. The van der Waals surface area contributed by atoms with Gasteiger partial charge in [-0.15, -0.1) is 11.3 Å². The second-order valence-electron chi connectivity index (χ2n) is 6.33. The zero-order valence-electron chi connectivity index (χ0n) is 12.9. The minimum Gasteiger partial charge on any atom is -0.282 e. The van der Waals surface area contributed by atoms with Gasteiger partial charge in [0.25, 0.3) is 0 Å². The number of nitrogens with zero attached hydrogens (tertiary/aromatic N) is 4. The van der Waals surface area contributed by atoms with E-state index in [4.69, 9.17) is 0 Å². The summed E-state index contributed by atoms with van der Waals surface area (Å²) in [4.78, 5) is 16.3. The smallest absolute Gasteiger partial charge is 0.150 e. The van der Waals surface area contributed by atoms with Crippen molar-refractivity contribution in [3.05, 3.63) is 47.4 Å². The van der Waals surface area contributed by atoms with E-state index in [1.165, 1.54) is 28.7 Å². The molecule has 0 saturated heterocycles. The second-order valence-corrected chi connectivity index (χ2v) is 7.42. The summed E-state index contributed by atoms with van der Waals surface area (Å²) in [5.74, 6) is 1.70. The van der Waals surface area contributed by atoms with Gasteiger partial charge in [0.15, 0.2) is 5.82 Å². The predicted octanol–water partition coefficient (Wildman–Crippen LogP) is 4.16. The molecular formula is C18H16N4S.